The molecule has 194 valence electrons. The molecule has 0 aliphatic carbocycles. The number of hydrogen-bond donors (Lipinski definition) is 1. The minimum absolute atomic E-state index is 0.0766. The molecule has 4 fully saturated rings. The summed E-state index contributed by atoms with van der Waals surface area (Å²) in [4.78, 5) is 19.1. The van der Waals surface area contributed by atoms with Crippen molar-refractivity contribution in [1.29, 1.82) is 0 Å². The van der Waals surface area contributed by atoms with Crippen LogP contribution in [0.25, 0.3) is 22.2 Å². The third kappa shape index (κ3) is 4.05. The van der Waals surface area contributed by atoms with Crippen LogP contribution in [-0.4, -0.2) is 70.8 Å². The van der Waals surface area contributed by atoms with Gasteiger partial charge in [-0.15, -0.1) is 0 Å². The van der Waals surface area contributed by atoms with Gasteiger partial charge in [0, 0.05) is 30.9 Å². The van der Waals surface area contributed by atoms with Crippen molar-refractivity contribution >= 4 is 16.7 Å². The van der Waals surface area contributed by atoms with Crippen molar-refractivity contribution in [3.63, 3.8) is 0 Å². The van der Waals surface area contributed by atoms with Crippen LogP contribution in [0.2, 0.25) is 0 Å². The number of rotatable bonds is 5. The molecule has 4 aliphatic rings. The zero-order valence-electron chi connectivity index (χ0n) is 21.5. The molecule has 4 aliphatic heterocycles. The Morgan fingerprint density at radius 2 is 1.97 bits per heavy atom. The van der Waals surface area contributed by atoms with Crippen molar-refractivity contribution in [2.75, 3.05) is 44.2 Å². The van der Waals surface area contributed by atoms with Crippen LogP contribution in [0.15, 0.2) is 30.5 Å². The minimum atomic E-state index is -0.406. The third-order valence-corrected chi connectivity index (χ3v) is 9.19. The highest BCUT2D eigenvalue weighted by atomic mass is 19.1. The van der Waals surface area contributed by atoms with E-state index in [4.69, 9.17) is 9.72 Å². The van der Waals surface area contributed by atoms with Crippen molar-refractivity contribution in [2.24, 2.45) is 5.92 Å². The highest BCUT2D eigenvalue weighted by Gasteiger charge is 2.45. The van der Waals surface area contributed by atoms with E-state index in [0.29, 0.717) is 35.2 Å². The quantitative estimate of drug-likeness (QED) is 0.557. The SMILES string of the molecule is Cc1ccccc1-c1ncc2c(N3CCC4CNC(C4)C3)nc(OCC34CCCN3CCC4)nc2c1F. The first kappa shape index (κ1) is 23.3. The summed E-state index contributed by atoms with van der Waals surface area (Å²) in [6, 6.07) is 8.47. The van der Waals surface area contributed by atoms with Gasteiger partial charge in [-0.25, -0.2) is 4.39 Å². The van der Waals surface area contributed by atoms with Gasteiger partial charge < -0.3 is 15.0 Å². The first-order chi connectivity index (χ1) is 18.1. The predicted molar refractivity (Wildman–Crippen MR) is 142 cm³/mol. The van der Waals surface area contributed by atoms with Gasteiger partial charge in [0.15, 0.2) is 5.82 Å². The van der Waals surface area contributed by atoms with Crippen molar-refractivity contribution in [3.8, 4) is 17.3 Å². The highest BCUT2D eigenvalue weighted by molar-refractivity contribution is 5.92. The fourth-order valence-electron chi connectivity index (χ4n) is 7.16. The number of nitrogens with one attached hydrogen (secondary N) is 1. The maximum atomic E-state index is 16.2. The summed E-state index contributed by atoms with van der Waals surface area (Å²) in [5.41, 5.74) is 2.47. The fraction of sp³-hybridized carbons (Fsp3) is 0.552. The van der Waals surface area contributed by atoms with Gasteiger partial charge in [0.05, 0.1) is 10.9 Å². The average molecular weight is 503 g/mol. The number of hydrogen-bond acceptors (Lipinski definition) is 7. The number of fused-ring (bicyclic) bond motifs is 4. The molecule has 1 N–H and O–H groups in total. The second-order valence-electron chi connectivity index (χ2n) is 11.5. The molecule has 6 heterocycles. The van der Waals surface area contributed by atoms with Crippen LogP contribution in [0.5, 0.6) is 6.01 Å². The molecular weight excluding hydrogens is 467 g/mol. The molecule has 0 saturated carbocycles. The van der Waals surface area contributed by atoms with Gasteiger partial charge in [0.1, 0.15) is 23.6 Å². The lowest BCUT2D eigenvalue weighted by atomic mass is 9.95. The van der Waals surface area contributed by atoms with Crippen LogP contribution in [0.1, 0.15) is 44.1 Å². The number of ether oxygens (including phenoxy) is 1. The van der Waals surface area contributed by atoms with E-state index >= 15 is 4.39 Å². The van der Waals surface area contributed by atoms with Crippen LogP contribution in [-0.2, 0) is 0 Å². The Labute approximate surface area is 217 Å². The Hall–Kier alpha value is -2.84. The molecule has 3 aromatic rings. The molecular formula is C29H35FN6O. The Bertz CT molecular complexity index is 1320. The summed E-state index contributed by atoms with van der Waals surface area (Å²) in [7, 11) is 0. The Balaban J connectivity index is 1.31. The zero-order valence-corrected chi connectivity index (χ0v) is 21.5. The molecule has 0 radical (unpaired) electrons. The lowest BCUT2D eigenvalue weighted by Gasteiger charge is -2.31. The number of nitrogens with zero attached hydrogens (tertiary/aromatic N) is 5. The van der Waals surface area contributed by atoms with E-state index in [2.05, 4.69) is 25.1 Å². The first-order valence-corrected chi connectivity index (χ1v) is 13.9. The molecule has 8 heteroatoms. The number of anilines is 1. The normalized spacial score (nSPS) is 25.0. The van der Waals surface area contributed by atoms with Crippen LogP contribution in [0, 0.1) is 18.7 Å². The highest BCUT2D eigenvalue weighted by Crippen LogP contribution is 2.40. The Morgan fingerprint density at radius 1 is 1.14 bits per heavy atom. The standard InChI is InChI=1S/C29H35FN6O/c1-19-6-2-3-7-22(19)25-24(30)26-23(16-32-25)27(35-13-8-20-14-21(17-35)31-15-20)34-28(33-26)37-18-29-9-4-11-36(29)12-5-10-29/h2-3,6-7,16,20-21,31H,4-5,8-15,17-18H2,1H3. The van der Waals surface area contributed by atoms with Crippen molar-refractivity contribution < 1.29 is 9.13 Å². The molecule has 0 amide bonds. The largest absolute Gasteiger partial charge is 0.461 e. The lowest BCUT2D eigenvalue weighted by Crippen LogP contribution is -2.43. The van der Waals surface area contributed by atoms with E-state index in [1.54, 1.807) is 6.20 Å². The molecule has 7 rings (SSSR count). The molecule has 2 aromatic heterocycles. The maximum Gasteiger partial charge on any atom is 0.319 e. The van der Waals surface area contributed by atoms with Gasteiger partial charge in [-0.1, -0.05) is 24.3 Å². The molecule has 2 unspecified atom stereocenters. The molecule has 37 heavy (non-hydrogen) atoms. The Kier molecular flexibility index (Phi) is 5.77. The minimum Gasteiger partial charge on any atom is -0.461 e. The molecule has 7 nitrogen and oxygen atoms in total. The van der Waals surface area contributed by atoms with Crippen molar-refractivity contribution in [1.82, 2.24) is 25.2 Å². The first-order valence-electron chi connectivity index (χ1n) is 13.9. The van der Waals surface area contributed by atoms with Gasteiger partial charge in [-0.3, -0.25) is 9.88 Å². The van der Waals surface area contributed by atoms with Crippen LogP contribution in [0.3, 0.4) is 0 Å². The summed E-state index contributed by atoms with van der Waals surface area (Å²) in [5.74, 6) is 1.02. The van der Waals surface area contributed by atoms with E-state index in [0.717, 1.165) is 68.9 Å². The number of halogens is 1. The second kappa shape index (κ2) is 9.17. The summed E-state index contributed by atoms with van der Waals surface area (Å²) in [5, 5.41) is 4.30. The second-order valence-corrected chi connectivity index (χ2v) is 11.5. The molecule has 4 saturated heterocycles. The molecule has 1 aromatic carbocycles. The average Bonchev–Trinajstić information content (AvgIpc) is 3.57. The number of aryl methyl sites for hydroxylation is 1. The smallest absolute Gasteiger partial charge is 0.319 e. The maximum absolute atomic E-state index is 16.2. The number of benzene rings is 1. The van der Waals surface area contributed by atoms with Crippen molar-refractivity contribution in [3.05, 3.63) is 41.8 Å². The van der Waals surface area contributed by atoms with E-state index in [1.807, 2.05) is 31.2 Å². The summed E-state index contributed by atoms with van der Waals surface area (Å²) >= 11 is 0. The third-order valence-electron chi connectivity index (χ3n) is 9.19. The fourth-order valence-corrected chi connectivity index (χ4v) is 7.16. The lowest BCUT2D eigenvalue weighted by molar-refractivity contribution is 0.108. The van der Waals surface area contributed by atoms with Crippen LogP contribution in [0.4, 0.5) is 10.2 Å². The van der Waals surface area contributed by atoms with Gasteiger partial charge in [-0.05, 0) is 76.6 Å². The van der Waals surface area contributed by atoms with Crippen LogP contribution >= 0.6 is 0 Å². The van der Waals surface area contributed by atoms with Gasteiger partial charge in [-0.2, -0.15) is 9.97 Å². The van der Waals surface area contributed by atoms with E-state index in [-0.39, 0.29) is 11.5 Å². The van der Waals surface area contributed by atoms with Crippen LogP contribution < -0.4 is 15.0 Å². The number of aromatic nitrogens is 3. The topological polar surface area (TPSA) is 66.4 Å². The molecule has 2 bridgehead atoms. The zero-order chi connectivity index (χ0) is 25.0. The molecule has 2 atom stereocenters. The van der Waals surface area contributed by atoms with Gasteiger partial charge in [0.25, 0.3) is 0 Å². The van der Waals surface area contributed by atoms with Crippen molar-refractivity contribution in [2.45, 2.75) is 57.0 Å². The Morgan fingerprint density at radius 3 is 2.81 bits per heavy atom. The predicted octanol–water partition coefficient (Wildman–Crippen LogP) is 4.33. The van der Waals surface area contributed by atoms with Gasteiger partial charge >= 0.3 is 6.01 Å². The van der Waals surface area contributed by atoms with Gasteiger partial charge in [0.2, 0.25) is 0 Å². The van der Waals surface area contributed by atoms with E-state index < -0.39 is 5.82 Å². The number of pyridine rings is 1. The molecule has 0 spiro atoms. The summed E-state index contributed by atoms with van der Waals surface area (Å²) < 4.78 is 22.6. The monoisotopic (exact) mass is 502 g/mol. The summed E-state index contributed by atoms with van der Waals surface area (Å²) in [6.45, 7) is 7.64. The summed E-state index contributed by atoms with van der Waals surface area (Å²) in [6.07, 6.45) is 8.73. The van der Waals surface area contributed by atoms with E-state index in [1.165, 1.54) is 19.3 Å². The van der Waals surface area contributed by atoms with E-state index in [9.17, 15) is 0 Å².